The fourth-order valence-electron chi connectivity index (χ4n) is 1.38. The topological polar surface area (TPSA) is 12.9 Å². The zero-order chi connectivity index (χ0) is 11.7. The minimum atomic E-state index is 0.625. The fourth-order valence-corrected chi connectivity index (χ4v) is 2.40. The summed E-state index contributed by atoms with van der Waals surface area (Å²) in [6, 6.07) is 7.45. The number of rotatable bonds is 1. The summed E-state index contributed by atoms with van der Waals surface area (Å²) in [7, 11) is 0. The van der Waals surface area contributed by atoms with E-state index in [-0.39, 0.29) is 0 Å². The Morgan fingerprint density at radius 2 is 1.81 bits per heavy atom. The molecule has 1 nitrogen and oxygen atoms in total. The summed E-state index contributed by atoms with van der Waals surface area (Å²) in [6.07, 6.45) is 1.83. The van der Waals surface area contributed by atoms with Crippen molar-refractivity contribution < 1.29 is 0 Å². The molecule has 2 aromatic rings. The SMILES string of the molecule is Cc1cnc(-c2c(Cl)cccc2Cl)cc1I. The fraction of sp³-hybridized carbons (Fsp3) is 0.0833. The predicted octanol–water partition coefficient (Wildman–Crippen LogP) is 4.97. The molecule has 0 aliphatic carbocycles. The zero-order valence-electron chi connectivity index (χ0n) is 8.47. The summed E-state index contributed by atoms with van der Waals surface area (Å²) in [4.78, 5) is 4.36. The van der Waals surface area contributed by atoms with Crippen molar-refractivity contribution in [1.29, 1.82) is 0 Å². The van der Waals surface area contributed by atoms with Gasteiger partial charge in [-0.1, -0.05) is 29.3 Å². The van der Waals surface area contributed by atoms with Gasteiger partial charge in [0.25, 0.3) is 0 Å². The van der Waals surface area contributed by atoms with Crippen molar-refractivity contribution >= 4 is 45.8 Å². The lowest BCUT2D eigenvalue weighted by Crippen LogP contribution is -1.89. The van der Waals surface area contributed by atoms with Crippen LogP contribution in [0.15, 0.2) is 30.5 Å². The zero-order valence-corrected chi connectivity index (χ0v) is 12.1. The first-order chi connectivity index (χ1) is 7.59. The summed E-state index contributed by atoms with van der Waals surface area (Å²) in [5.74, 6) is 0. The van der Waals surface area contributed by atoms with Crippen molar-refractivity contribution in [1.82, 2.24) is 4.98 Å². The number of nitrogens with zero attached hydrogens (tertiary/aromatic N) is 1. The van der Waals surface area contributed by atoms with Crippen LogP contribution in [0.25, 0.3) is 11.3 Å². The van der Waals surface area contributed by atoms with Gasteiger partial charge in [-0.2, -0.15) is 0 Å². The Labute approximate surface area is 118 Å². The third-order valence-corrected chi connectivity index (χ3v) is 4.05. The highest BCUT2D eigenvalue weighted by Crippen LogP contribution is 2.34. The Kier molecular flexibility index (Phi) is 3.72. The van der Waals surface area contributed by atoms with Gasteiger partial charge in [-0.05, 0) is 53.3 Å². The number of hydrogen-bond donors (Lipinski definition) is 0. The Bertz CT molecular complexity index is 520. The van der Waals surface area contributed by atoms with E-state index >= 15 is 0 Å². The van der Waals surface area contributed by atoms with E-state index < -0.39 is 0 Å². The van der Waals surface area contributed by atoms with Gasteiger partial charge in [-0.25, -0.2) is 0 Å². The minimum Gasteiger partial charge on any atom is -0.256 e. The predicted molar refractivity (Wildman–Crippen MR) is 77.1 cm³/mol. The lowest BCUT2D eigenvalue weighted by molar-refractivity contribution is 1.25. The van der Waals surface area contributed by atoms with Gasteiger partial charge in [0.2, 0.25) is 0 Å². The summed E-state index contributed by atoms with van der Waals surface area (Å²) in [5.41, 5.74) is 2.75. The van der Waals surface area contributed by atoms with Crippen LogP contribution in [0.5, 0.6) is 0 Å². The largest absolute Gasteiger partial charge is 0.256 e. The number of pyridine rings is 1. The van der Waals surface area contributed by atoms with E-state index in [1.807, 2.05) is 37.4 Å². The molecule has 2 rings (SSSR count). The van der Waals surface area contributed by atoms with Crippen LogP contribution in [0.3, 0.4) is 0 Å². The molecule has 0 aliphatic rings. The minimum absolute atomic E-state index is 0.625. The molecule has 0 fully saturated rings. The van der Waals surface area contributed by atoms with Gasteiger partial charge < -0.3 is 0 Å². The lowest BCUT2D eigenvalue weighted by Gasteiger charge is -2.07. The maximum Gasteiger partial charge on any atom is 0.0742 e. The quantitative estimate of drug-likeness (QED) is 0.652. The molecular weight excluding hydrogens is 356 g/mol. The molecule has 1 aromatic heterocycles. The van der Waals surface area contributed by atoms with E-state index in [1.165, 1.54) is 0 Å². The maximum absolute atomic E-state index is 6.13. The molecule has 0 unspecified atom stereocenters. The smallest absolute Gasteiger partial charge is 0.0742 e. The van der Waals surface area contributed by atoms with E-state index in [2.05, 4.69) is 27.6 Å². The molecule has 4 heteroatoms. The third kappa shape index (κ3) is 2.34. The second-order valence-corrected chi connectivity index (χ2v) is 5.39. The monoisotopic (exact) mass is 363 g/mol. The average Bonchev–Trinajstić information content (AvgIpc) is 2.23. The Morgan fingerprint density at radius 1 is 1.19 bits per heavy atom. The summed E-state index contributed by atoms with van der Waals surface area (Å²) in [6.45, 7) is 2.02. The molecule has 0 saturated carbocycles. The van der Waals surface area contributed by atoms with E-state index in [1.54, 1.807) is 0 Å². The molecule has 0 spiro atoms. The average molecular weight is 364 g/mol. The molecule has 0 bridgehead atoms. The Balaban J connectivity index is 2.63. The first-order valence-electron chi connectivity index (χ1n) is 4.66. The van der Waals surface area contributed by atoms with E-state index in [4.69, 9.17) is 23.2 Å². The number of aromatic nitrogens is 1. The first kappa shape index (κ1) is 12.1. The third-order valence-electron chi connectivity index (χ3n) is 2.26. The molecule has 82 valence electrons. The van der Waals surface area contributed by atoms with Crippen LogP contribution in [0, 0.1) is 10.5 Å². The van der Waals surface area contributed by atoms with Crippen LogP contribution in [0.2, 0.25) is 10.0 Å². The van der Waals surface area contributed by atoms with E-state index in [0.29, 0.717) is 10.0 Å². The van der Waals surface area contributed by atoms with Crippen LogP contribution in [0.4, 0.5) is 0 Å². The van der Waals surface area contributed by atoms with Gasteiger partial charge in [0.1, 0.15) is 0 Å². The van der Waals surface area contributed by atoms with Crippen molar-refractivity contribution in [2.45, 2.75) is 6.92 Å². The van der Waals surface area contributed by atoms with Crippen LogP contribution in [-0.2, 0) is 0 Å². The van der Waals surface area contributed by atoms with Crippen molar-refractivity contribution in [3.63, 3.8) is 0 Å². The Hall–Kier alpha value is -0.320. The normalized spacial score (nSPS) is 10.5. The van der Waals surface area contributed by atoms with Gasteiger partial charge in [0.15, 0.2) is 0 Å². The first-order valence-corrected chi connectivity index (χ1v) is 6.49. The van der Waals surface area contributed by atoms with Crippen molar-refractivity contribution in [3.8, 4) is 11.3 Å². The maximum atomic E-state index is 6.13. The standard InChI is InChI=1S/C12H8Cl2IN/c1-7-6-16-11(5-10(7)15)12-8(13)3-2-4-9(12)14/h2-6H,1H3. The second kappa shape index (κ2) is 4.90. The summed E-state index contributed by atoms with van der Waals surface area (Å²) in [5, 5.41) is 1.25. The van der Waals surface area contributed by atoms with Gasteiger partial charge in [0, 0.05) is 15.3 Å². The van der Waals surface area contributed by atoms with Crippen molar-refractivity contribution in [2.75, 3.05) is 0 Å². The van der Waals surface area contributed by atoms with Gasteiger partial charge in [-0.15, -0.1) is 0 Å². The molecule has 0 atom stereocenters. The van der Waals surface area contributed by atoms with E-state index in [9.17, 15) is 0 Å². The van der Waals surface area contributed by atoms with Crippen molar-refractivity contribution in [3.05, 3.63) is 49.6 Å². The van der Waals surface area contributed by atoms with Crippen molar-refractivity contribution in [2.24, 2.45) is 0 Å². The summed E-state index contributed by atoms with van der Waals surface area (Å²) >= 11 is 14.5. The number of aryl methyl sites for hydroxylation is 1. The van der Waals surface area contributed by atoms with Crippen LogP contribution >= 0.6 is 45.8 Å². The molecule has 16 heavy (non-hydrogen) atoms. The lowest BCUT2D eigenvalue weighted by atomic mass is 10.1. The summed E-state index contributed by atoms with van der Waals surface area (Å²) < 4.78 is 1.15. The molecule has 0 saturated heterocycles. The van der Waals surface area contributed by atoms with Gasteiger partial charge in [-0.3, -0.25) is 4.98 Å². The molecule has 0 N–H and O–H groups in total. The number of hydrogen-bond acceptors (Lipinski definition) is 1. The highest BCUT2D eigenvalue weighted by Gasteiger charge is 2.10. The highest BCUT2D eigenvalue weighted by molar-refractivity contribution is 14.1. The van der Waals surface area contributed by atoms with Gasteiger partial charge in [0.05, 0.1) is 15.7 Å². The number of benzene rings is 1. The molecule has 1 heterocycles. The number of halogens is 3. The van der Waals surface area contributed by atoms with Crippen LogP contribution in [-0.4, -0.2) is 4.98 Å². The molecular formula is C12H8Cl2IN. The molecule has 1 aromatic carbocycles. The second-order valence-electron chi connectivity index (χ2n) is 3.42. The Morgan fingerprint density at radius 3 is 2.38 bits per heavy atom. The van der Waals surface area contributed by atoms with E-state index in [0.717, 1.165) is 20.4 Å². The highest BCUT2D eigenvalue weighted by atomic mass is 127. The molecule has 0 aliphatic heterocycles. The van der Waals surface area contributed by atoms with Crippen LogP contribution < -0.4 is 0 Å². The molecule has 0 radical (unpaired) electrons. The molecule has 0 amide bonds. The van der Waals surface area contributed by atoms with Gasteiger partial charge >= 0.3 is 0 Å². The van der Waals surface area contributed by atoms with Crippen LogP contribution in [0.1, 0.15) is 5.56 Å².